The van der Waals surface area contributed by atoms with Gasteiger partial charge in [0.05, 0.1) is 11.5 Å². The monoisotopic (exact) mass is 524 g/mol. The number of unbranched alkanes of at least 4 members (excludes halogenated alkanes) is 2. The fraction of sp³-hybridized carbons (Fsp3) is 0.567. The van der Waals surface area contributed by atoms with E-state index in [2.05, 4.69) is 13.2 Å². The average Bonchev–Trinajstić information content (AvgIpc) is 3.41. The molecule has 1 spiro atoms. The second kappa shape index (κ2) is 11.4. The predicted molar refractivity (Wildman–Crippen MR) is 143 cm³/mol. The van der Waals surface area contributed by atoms with E-state index >= 15 is 0 Å². The summed E-state index contributed by atoms with van der Waals surface area (Å²) >= 11 is 0. The highest BCUT2D eigenvalue weighted by Crippen LogP contribution is 2.65. The molecule has 4 rings (SSSR count). The first kappa shape index (κ1) is 28.0. The molecule has 38 heavy (non-hydrogen) atoms. The van der Waals surface area contributed by atoms with Crippen LogP contribution < -0.4 is 0 Å². The van der Waals surface area contributed by atoms with Gasteiger partial charge in [-0.1, -0.05) is 56.0 Å². The number of hydrogen-bond donors (Lipinski definition) is 1. The first-order chi connectivity index (χ1) is 18.2. The third kappa shape index (κ3) is 4.69. The average molecular weight is 525 g/mol. The van der Waals surface area contributed by atoms with Crippen molar-refractivity contribution >= 4 is 17.8 Å². The number of aliphatic hydroxyl groups is 1. The molecular weight excluding hydrogens is 484 g/mol. The van der Waals surface area contributed by atoms with Gasteiger partial charge < -0.3 is 24.4 Å². The Kier molecular flexibility index (Phi) is 8.43. The van der Waals surface area contributed by atoms with Gasteiger partial charge in [-0.25, -0.2) is 0 Å². The Labute approximate surface area is 225 Å². The maximum atomic E-state index is 14.4. The molecule has 0 aliphatic carbocycles. The third-order valence-corrected chi connectivity index (χ3v) is 8.58. The van der Waals surface area contributed by atoms with Crippen molar-refractivity contribution in [1.82, 2.24) is 9.80 Å². The normalized spacial score (nSPS) is 31.2. The lowest BCUT2D eigenvalue weighted by Gasteiger charge is -2.37. The Balaban J connectivity index is 1.73. The summed E-state index contributed by atoms with van der Waals surface area (Å²) in [5.41, 5.74) is -1.06. The Bertz CT molecular complexity index is 1060. The van der Waals surface area contributed by atoms with Crippen LogP contribution >= 0.6 is 0 Å². The third-order valence-electron chi connectivity index (χ3n) is 8.58. The second-order valence-corrected chi connectivity index (χ2v) is 10.9. The van der Waals surface area contributed by atoms with Crippen LogP contribution in [-0.2, 0) is 30.4 Å². The fourth-order valence-corrected chi connectivity index (χ4v) is 6.78. The highest BCUT2D eigenvalue weighted by molar-refractivity contribution is 5.98. The summed E-state index contributed by atoms with van der Waals surface area (Å²) in [5.74, 6) is -2.59. The van der Waals surface area contributed by atoms with Crippen LogP contribution in [0.1, 0.15) is 45.1 Å². The van der Waals surface area contributed by atoms with Crippen LogP contribution in [0.3, 0.4) is 0 Å². The van der Waals surface area contributed by atoms with Crippen molar-refractivity contribution in [2.75, 3.05) is 26.3 Å². The molecule has 1 N–H and O–H groups in total. The molecule has 1 aromatic rings. The van der Waals surface area contributed by atoms with Gasteiger partial charge in [-0.05, 0) is 44.1 Å². The van der Waals surface area contributed by atoms with Gasteiger partial charge in [0.15, 0.2) is 0 Å². The Hall–Kier alpha value is -2.97. The molecule has 8 heteroatoms. The summed E-state index contributed by atoms with van der Waals surface area (Å²) in [5, 5.41) is 9.23. The van der Waals surface area contributed by atoms with Crippen LogP contribution in [0.5, 0.6) is 0 Å². The molecule has 206 valence electrons. The molecule has 3 heterocycles. The SMILES string of the molecule is C=CCOC(=O)[C@H]1[C@H]2C(=O)N(CCCCCO)C(C(=O)N(CC=C)Cc3ccccc3)C23CC(C)[C@]1(C)O3. The van der Waals surface area contributed by atoms with E-state index in [1.54, 1.807) is 15.9 Å². The van der Waals surface area contributed by atoms with Crippen molar-refractivity contribution in [2.45, 2.75) is 63.3 Å². The molecule has 3 aliphatic heterocycles. The van der Waals surface area contributed by atoms with Gasteiger partial charge in [0.1, 0.15) is 24.2 Å². The van der Waals surface area contributed by atoms with Crippen LogP contribution in [-0.4, -0.2) is 76.2 Å². The molecule has 3 aliphatic rings. The van der Waals surface area contributed by atoms with Crippen molar-refractivity contribution in [2.24, 2.45) is 17.8 Å². The van der Waals surface area contributed by atoms with Crippen molar-refractivity contribution in [3.8, 4) is 0 Å². The summed E-state index contributed by atoms with van der Waals surface area (Å²) in [6.07, 6.45) is 5.66. The molecular formula is C30H40N2O6. The number of nitrogens with zero attached hydrogens (tertiary/aromatic N) is 2. The van der Waals surface area contributed by atoms with Crippen LogP contribution in [0.25, 0.3) is 0 Å². The minimum Gasteiger partial charge on any atom is -0.461 e. The first-order valence-electron chi connectivity index (χ1n) is 13.6. The molecule has 0 aromatic heterocycles. The van der Waals surface area contributed by atoms with Crippen LogP contribution in [0, 0.1) is 17.8 Å². The highest BCUT2D eigenvalue weighted by Gasteiger charge is 2.80. The first-order valence-corrected chi connectivity index (χ1v) is 13.6. The number of ether oxygens (including phenoxy) is 2. The topological polar surface area (TPSA) is 96.4 Å². The van der Waals surface area contributed by atoms with Gasteiger partial charge in [-0.15, -0.1) is 6.58 Å². The Morgan fingerprint density at radius 2 is 1.95 bits per heavy atom. The van der Waals surface area contributed by atoms with Crippen LogP contribution in [0.15, 0.2) is 55.6 Å². The number of esters is 1. The van der Waals surface area contributed by atoms with Gasteiger partial charge in [-0.2, -0.15) is 0 Å². The van der Waals surface area contributed by atoms with E-state index in [1.165, 1.54) is 6.08 Å². The predicted octanol–water partition coefficient (Wildman–Crippen LogP) is 3.10. The number of fused-ring (bicyclic) bond motifs is 1. The van der Waals surface area contributed by atoms with Gasteiger partial charge in [0.2, 0.25) is 11.8 Å². The molecule has 3 unspecified atom stereocenters. The lowest BCUT2D eigenvalue weighted by molar-refractivity contribution is -0.161. The summed E-state index contributed by atoms with van der Waals surface area (Å²) in [7, 11) is 0. The number of aliphatic hydroxyl groups excluding tert-OH is 1. The fourth-order valence-electron chi connectivity index (χ4n) is 6.78. The van der Waals surface area contributed by atoms with E-state index in [4.69, 9.17) is 9.47 Å². The van der Waals surface area contributed by atoms with E-state index in [1.807, 2.05) is 44.2 Å². The van der Waals surface area contributed by atoms with Gasteiger partial charge in [0.25, 0.3) is 0 Å². The molecule has 3 saturated heterocycles. The van der Waals surface area contributed by atoms with Gasteiger partial charge in [0, 0.05) is 26.2 Å². The number of amides is 2. The molecule has 6 atom stereocenters. The molecule has 0 radical (unpaired) electrons. The van der Waals surface area contributed by atoms with E-state index < -0.39 is 35.0 Å². The maximum absolute atomic E-state index is 14.4. The number of hydrogen-bond acceptors (Lipinski definition) is 6. The van der Waals surface area contributed by atoms with E-state index in [-0.39, 0.29) is 30.9 Å². The minimum atomic E-state index is -1.12. The standard InChI is InChI=1S/C30H40N2O6/c1-5-15-31(20-22-13-9-7-10-14-22)27(35)25-30-19-21(3)29(4,38-30)24(28(36)37-18-6-2)23(30)26(34)32(25)16-11-8-12-17-33/h5-7,9-10,13-14,21,23-25,33H,1-2,8,11-12,15-20H2,3-4H3/t21?,23-,24+,25?,29-,30?/m0/s1. The molecule has 8 nitrogen and oxygen atoms in total. The highest BCUT2D eigenvalue weighted by atomic mass is 16.6. The number of benzene rings is 1. The van der Waals surface area contributed by atoms with Crippen LogP contribution in [0.2, 0.25) is 0 Å². The summed E-state index contributed by atoms with van der Waals surface area (Å²) in [6.45, 7) is 12.5. The minimum absolute atomic E-state index is 0.0468. The van der Waals surface area contributed by atoms with Crippen molar-refractivity contribution in [3.63, 3.8) is 0 Å². The van der Waals surface area contributed by atoms with E-state index in [9.17, 15) is 19.5 Å². The number of carbonyl (C=O) groups is 3. The van der Waals surface area contributed by atoms with Crippen molar-refractivity contribution < 1.29 is 29.0 Å². The summed E-state index contributed by atoms with van der Waals surface area (Å²) < 4.78 is 12.2. The smallest absolute Gasteiger partial charge is 0.313 e. The molecule has 1 aromatic carbocycles. The van der Waals surface area contributed by atoms with Gasteiger partial charge in [-0.3, -0.25) is 14.4 Å². The number of likely N-dealkylation sites (tertiary alicyclic amines) is 1. The Morgan fingerprint density at radius 3 is 2.61 bits per heavy atom. The van der Waals surface area contributed by atoms with E-state index in [0.717, 1.165) is 12.0 Å². The Morgan fingerprint density at radius 1 is 1.21 bits per heavy atom. The molecule has 0 saturated carbocycles. The van der Waals surface area contributed by atoms with Gasteiger partial charge >= 0.3 is 5.97 Å². The van der Waals surface area contributed by atoms with Crippen molar-refractivity contribution in [1.29, 1.82) is 0 Å². The zero-order valence-corrected chi connectivity index (χ0v) is 22.5. The zero-order chi connectivity index (χ0) is 27.5. The largest absolute Gasteiger partial charge is 0.461 e. The van der Waals surface area contributed by atoms with Crippen molar-refractivity contribution in [3.05, 3.63) is 61.2 Å². The molecule has 2 bridgehead atoms. The van der Waals surface area contributed by atoms with Crippen LogP contribution in [0.4, 0.5) is 0 Å². The molecule has 3 fully saturated rings. The van der Waals surface area contributed by atoms with E-state index in [0.29, 0.717) is 38.9 Å². The lowest BCUT2D eigenvalue weighted by Crippen LogP contribution is -2.56. The molecule has 2 amide bonds. The lowest BCUT2D eigenvalue weighted by atomic mass is 9.62. The quantitative estimate of drug-likeness (QED) is 0.242. The number of carbonyl (C=O) groups excluding carboxylic acids is 3. The second-order valence-electron chi connectivity index (χ2n) is 10.9. The maximum Gasteiger partial charge on any atom is 0.313 e. The number of rotatable bonds is 13. The summed E-state index contributed by atoms with van der Waals surface area (Å²) in [4.78, 5) is 45.2. The summed E-state index contributed by atoms with van der Waals surface area (Å²) in [6, 6.07) is 8.84. The zero-order valence-electron chi connectivity index (χ0n) is 22.5.